The average Bonchev–Trinajstić information content (AvgIpc) is 3.11. The van der Waals surface area contributed by atoms with Crippen LogP contribution in [0.25, 0.3) is 0 Å². The number of rotatable bonds is 30. The summed E-state index contributed by atoms with van der Waals surface area (Å²) < 4.78 is 0. The lowest BCUT2D eigenvalue weighted by atomic mass is 9.97. The molecule has 5 amide bonds. The van der Waals surface area contributed by atoms with E-state index in [9.17, 15) is 39.0 Å². The number of aliphatic hydroxyl groups is 1. The van der Waals surface area contributed by atoms with Crippen molar-refractivity contribution in [3.8, 4) is 0 Å². The van der Waals surface area contributed by atoms with E-state index in [1.54, 1.807) is 6.92 Å². The zero-order valence-corrected chi connectivity index (χ0v) is 30.5. The molecule has 0 saturated heterocycles. The largest absolute Gasteiger partial charge is 0.480 e. The van der Waals surface area contributed by atoms with Gasteiger partial charge in [-0.15, -0.1) is 0 Å². The first-order valence-corrected chi connectivity index (χ1v) is 18.2. The SMILES string of the molecule is CC[C@H](C)[C@H](NC(=O)[C@@H](N)CO)C(=O)N[C@@H](CCCCN)C(=O)N[C@@H](CCCCN)C(=O)N[C@@H](CCCCN)C(=O)N[C@@H](CCCCN)C(=O)O. The van der Waals surface area contributed by atoms with E-state index in [1.165, 1.54) is 0 Å². The Bertz CT molecular complexity index is 1050. The monoisotopic (exact) mass is 731 g/mol. The summed E-state index contributed by atoms with van der Waals surface area (Å²) in [5, 5.41) is 32.2. The Hall–Kier alpha value is -3.42. The molecule has 18 nitrogen and oxygen atoms in total. The average molecular weight is 731 g/mol. The molecule has 0 aromatic rings. The second kappa shape index (κ2) is 28.2. The normalized spacial score (nSPS) is 15.3. The molecule has 0 aromatic heterocycles. The van der Waals surface area contributed by atoms with E-state index in [4.69, 9.17) is 28.7 Å². The Balaban J connectivity index is 6.22. The summed E-state index contributed by atoms with van der Waals surface area (Å²) in [5.74, 6) is -4.95. The number of carbonyl (C=O) groups excluding carboxylic acids is 5. The van der Waals surface area contributed by atoms with Gasteiger partial charge in [0.25, 0.3) is 0 Å². The Kier molecular flexibility index (Phi) is 26.3. The van der Waals surface area contributed by atoms with Gasteiger partial charge in [-0.05, 0) is 109 Å². The Morgan fingerprint density at radius 3 is 1.18 bits per heavy atom. The summed E-state index contributed by atoms with van der Waals surface area (Å²) in [6.45, 7) is 4.36. The van der Waals surface area contributed by atoms with Gasteiger partial charge in [-0.2, -0.15) is 0 Å². The lowest BCUT2D eigenvalue weighted by Gasteiger charge is -2.29. The second-order valence-corrected chi connectivity index (χ2v) is 12.9. The zero-order valence-electron chi connectivity index (χ0n) is 30.5. The van der Waals surface area contributed by atoms with E-state index in [2.05, 4.69) is 26.6 Å². The summed E-state index contributed by atoms with van der Waals surface area (Å²) in [7, 11) is 0. The molecule has 296 valence electrons. The van der Waals surface area contributed by atoms with Crippen molar-refractivity contribution < 1.29 is 39.0 Å². The minimum Gasteiger partial charge on any atom is -0.480 e. The number of carboxylic acid groups (broad SMARTS) is 1. The molecule has 0 saturated carbocycles. The van der Waals surface area contributed by atoms with Crippen molar-refractivity contribution in [1.82, 2.24) is 26.6 Å². The first-order valence-electron chi connectivity index (χ1n) is 18.2. The molecule has 0 unspecified atom stereocenters. The van der Waals surface area contributed by atoms with Crippen LogP contribution in [-0.2, 0) is 28.8 Å². The number of aliphatic carboxylic acids is 1. The highest BCUT2D eigenvalue weighted by Gasteiger charge is 2.33. The van der Waals surface area contributed by atoms with Crippen molar-refractivity contribution in [3.05, 3.63) is 0 Å². The van der Waals surface area contributed by atoms with Crippen molar-refractivity contribution in [2.45, 2.75) is 134 Å². The number of hydrogen-bond donors (Lipinski definition) is 12. The lowest BCUT2D eigenvalue weighted by Crippen LogP contribution is -2.60. The highest BCUT2D eigenvalue weighted by molar-refractivity contribution is 5.96. The highest BCUT2D eigenvalue weighted by atomic mass is 16.4. The van der Waals surface area contributed by atoms with Crippen molar-refractivity contribution in [1.29, 1.82) is 0 Å². The van der Waals surface area contributed by atoms with Crippen LogP contribution in [0.2, 0.25) is 0 Å². The van der Waals surface area contributed by atoms with Crippen molar-refractivity contribution >= 4 is 35.5 Å². The minimum atomic E-state index is -1.24. The molecule has 0 aliphatic rings. The molecule has 17 N–H and O–H groups in total. The first-order chi connectivity index (χ1) is 24.3. The third-order valence-electron chi connectivity index (χ3n) is 8.63. The van der Waals surface area contributed by atoms with Crippen molar-refractivity contribution in [2.24, 2.45) is 34.6 Å². The van der Waals surface area contributed by atoms with Gasteiger partial charge >= 0.3 is 5.97 Å². The summed E-state index contributed by atoms with van der Waals surface area (Å²) >= 11 is 0. The van der Waals surface area contributed by atoms with E-state index >= 15 is 0 Å². The van der Waals surface area contributed by atoms with Crippen LogP contribution >= 0.6 is 0 Å². The molecule has 0 aliphatic carbocycles. The summed E-state index contributed by atoms with van der Waals surface area (Å²) in [6, 6.07) is -6.84. The molecule has 0 fully saturated rings. The zero-order chi connectivity index (χ0) is 38.8. The number of aliphatic hydroxyl groups excluding tert-OH is 1. The van der Waals surface area contributed by atoms with Gasteiger partial charge < -0.3 is 65.5 Å². The molecule has 0 heterocycles. The molecule has 0 bridgehead atoms. The van der Waals surface area contributed by atoms with Crippen LogP contribution < -0.4 is 55.3 Å². The van der Waals surface area contributed by atoms with Gasteiger partial charge in [-0.3, -0.25) is 24.0 Å². The third-order valence-corrected chi connectivity index (χ3v) is 8.63. The minimum absolute atomic E-state index is 0.159. The molecular weight excluding hydrogens is 664 g/mol. The fraction of sp³-hybridized carbons (Fsp3) is 0.818. The fourth-order valence-corrected chi connectivity index (χ4v) is 5.16. The third kappa shape index (κ3) is 19.7. The van der Waals surface area contributed by atoms with E-state index in [0.717, 1.165) is 0 Å². The second-order valence-electron chi connectivity index (χ2n) is 12.9. The Morgan fingerprint density at radius 1 is 0.529 bits per heavy atom. The number of nitrogens with two attached hydrogens (primary N) is 5. The lowest BCUT2D eigenvalue weighted by molar-refractivity contribution is -0.142. The molecular formula is C33H66N10O8. The van der Waals surface area contributed by atoms with E-state index in [0.29, 0.717) is 84.0 Å². The smallest absolute Gasteiger partial charge is 0.326 e. The predicted molar refractivity (Wildman–Crippen MR) is 193 cm³/mol. The van der Waals surface area contributed by atoms with Crippen molar-refractivity contribution in [2.75, 3.05) is 32.8 Å². The number of carboxylic acids is 1. The highest BCUT2D eigenvalue weighted by Crippen LogP contribution is 2.12. The summed E-state index contributed by atoms with van der Waals surface area (Å²) in [4.78, 5) is 78.6. The maximum absolute atomic E-state index is 13.8. The topological polar surface area (TPSA) is 333 Å². The first kappa shape index (κ1) is 47.6. The molecule has 18 heteroatoms. The Morgan fingerprint density at radius 2 is 0.863 bits per heavy atom. The van der Waals surface area contributed by atoms with Gasteiger partial charge in [0.05, 0.1) is 6.61 Å². The van der Waals surface area contributed by atoms with Gasteiger partial charge in [0.1, 0.15) is 36.3 Å². The summed E-state index contributed by atoms with van der Waals surface area (Å²) in [5.41, 5.74) is 28.1. The molecule has 0 spiro atoms. The van der Waals surface area contributed by atoms with Crippen LogP contribution in [0.3, 0.4) is 0 Å². The number of hydrogen-bond acceptors (Lipinski definition) is 12. The number of carbonyl (C=O) groups is 6. The molecule has 51 heavy (non-hydrogen) atoms. The maximum atomic E-state index is 13.8. The van der Waals surface area contributed by atoms with Crippen LogP contribution in [0.5, 0.6) is 0 Å². The number of amides is 5. The number of unbranched alkanes of at least 4 members (excludes halogenated alkanes) is 4. The number of nitrogens with one attached hydrogen (secondary N) is 5. The van der Waals surface area contributed by atoms with Gasteiger partial charge in [0, 0.05) is 0 Å². The van der Waals surface area contributed by atoms with E-state index in [-0.39, 0.29) is 31.6 Å². The quantitative estimate of drug-likeness (QED) is 0.0337. The van der Waals surface area contributed by atoms with E-state index < -0.39 is 78.4 Å². The molecule has 0 aliphatic heterocycles. The van der Waals surface area contributed by atoms with Crippen LogP contribution in [0.15, 0.2) is 0 Å². The van der Waals surface area contributed by atoms with Crippen LogP contribution in [0.1, 0.15) is 97.3 Å². The fourth-order valence-electron chi connectivity index (χ4n) is 5.16. The van der Waals surface area contributed by atoms with Gasteiger partial charge in [0.2, 0.25) is 29.5 Å². The Labute approximate surface area is 301 Å². The molecule has 7 atom stereocenters. The van der Waals surface area contributed by atoms with Crippen LogP contribution in [0.4, 0.5) is 0 Å². The molecule has 0 rings (SSSR count). The van der Waals surface area contributed by atoms with Gasteiger partial charge in [0.15, 0.2) is 0 Å². The molecule has 0 aromatic carbocycles. The summed E-state index contributed by atoms with van der Waals surface area (Å²) in [6.07, 6.45) is 5.29. The van der Waals surface area contributed by atoms with Crippen LogP contribution in [-0.4, -0.2) is 115 Å². The van der Waals surface area contributed by atoms with E-state index in [1.807, 2.05) is 6.92 Å². The predicted octanol–water partition coefficient (Wildman–Crippen LogP) is -2.62. The van der Waals surface area contributed by atoms with Crippen molar-refractivity contribution in [3.63, 3.8) is 0 Å². The van der Waals surface area contributed by atoms with Crippen LogP contribution in [0, 0.1) is 5.92 Å². The standard InChI is InChI=1S/C33H66N10O8/c1-3-21(2)27(43-28(45)22(38)20-44)32(49)41-25(14-6-10-18-36)30(47)39-23(12-4-8-16-34)29(46)40-24(13-5-9-17-35)31(48)42-26(33(50)51)15-7-11-19-37/h21-27,44H,3-20,34-38H2,1-2H3,(H,39,47)(H,40,46)(H,41,49)(H,42,48)(H,43,45)(H,50,51)/t21-,22-,23-,24-,25-,26-,27-/m0/s1. The maximum Gasteiger partial charge on any atom is 0.326 e. The van der Waals surface area contributed by atoms with Gasteiger partial charge in [-0.1, -0.05) is 20.3 Å². The van der Waals surface area contributed by atoms with Gasteiger partial charge in [-0.25, -0.2) is 4.79 Å². The molecule has 0 radical (unpaired) electrons.